The van der Waals surface area contributed by atoms with Crippen LogP contribution in [0.25, 0.3) is 22.2 Å². The van der Waals surface area contributed by atoms with Gasteiger partial charge in [0.05, 0.1) is 17.2 Å². The first-order valence-electron chi connectivity index (χ1n) is 14.5. The van der Waals surface area contributed by atoms with Crippen LogP contribution in [0.5, 0.6) is 5.75 Å². The molecule has 7 nitrogen and oxygen atoms in total. The summed E-state index contributed by atoms with van der Waals surface area (Å²) in [5.74, 6) is 0.984. The number of nitrogens with zero attached hydrogens (tertiary/aromatic N) is 2. The van der Waals surface area contributed by atoms with E-state index in [0.717, 1.165) is 73.2 Å². The van der Waals surface area contributed by atoms with Gasteiger partial charge >= 0.3 is 0 Å². The van der Waals surface area contributed by atoms with Crippen molar-refractivity contribution in [1.29, 1.82) is 0 Å². The summed E-state index contributed by atoms with van der Waals surface area (Å²) < 4.78 is 6.21. The van der Waals surface area contributed by atoms with E-state index in [2.05, 4.69) is 44.4 Å². The molecule has 208 valence electrons. The molecule has 3 N–H and O–H groups in total. The molecular weight excluding hydrogens is 512 g/mol. The van der Waals surface area contributed by atoms with E-state index in [-0.39, 0.29) is 5.91 Å². The molecule has 3 aliphatic heterocycles. The highest BCUT2D eigenvalue weighted by molar-refractivity contribution is 6.34. The number of ether oxygens (including phenoxy) is 1. The molecular formula is C31H39ClN4O3. The van der Waals surface area contributed by atoms with E-state index in [9.17, 15) is 9.90 Å². The van der Waals surface area contributed by atoms with Crippen molar-refractivity contribution in [3.8, 4) is 17.0 Å². The zero-order chi connectivity index (χ0) is 26.8. The van der Waals surface area contributed by atoms with Gasteiger partial charge < -0.3 is 25.0 Å². The van der Waals surface area contributed by atoms with Crippen LogP contribution in [0, 0.1) is 5.92 Å². The molecule has 2 aromatic carbocycles. The lowest BCUT2D eigenvalue weighted by molar-refractivity contribution is 0.0966. The Kier molecular flexibility index (Phi) is 8.12. The van der Waals surface area contributed by atoms with Crippen molar-refractivity contribution in [2.45, 2.75) is 51.6 Å². The molecule has 1 amide bonds. The maximum atomic E-state index is 12.8. The number of hydrogen-bond acceptors (Lipinski definition) is 5. The molecule has 0 radical (unpaired) electrons. The fourth-order valence-electron chi connectivity index (χ4n) is 6.35. The number of aromatic amines is 1. The van der Waals surface area contributed by atoms with Gasteiger partial charge in [0.2, 0.25) is 0 Å². The van der Waals surface area contributed by atoms with Crippen LogP contribution in [0.1, 0.15) is 60.0 Å². The third kappa shape index (κ3) is 5.82. The Morgan fingerprint density at radius 3 is 2.64 bits per heavy atom. The van der Waals surface area contributed by atoms with Crippen LogP contribution in [-0.4, -0.2) is 71.7 Å². The topological polar surface area (TPSA) is 80.8 Å². The van der Waals surface area contributed by atoms with Gasteiger partial charge in [-0.05, 0) is 94.0 Å². The van der Waals surface area contributed by atoms with Gasteiger partial charge in [-0.1, -0.05) is 24.1 Å². The van der Waals surface area contributed by atoms with Gasteiger partial charge in [0.1, 0.15) is 5.75 Å². The van der Waals surface area contributed by atoms with Crippen LogP contribution in [-0.2, 0) is 13.1 Å². The number of carbonyl (C=O) groups excluding carboxylic acids is 1. The minimum Gasteiger partial charge on any atom is -0.492 e. The highest BCUT2D eigenvalue weighted by Gasteiger charge is 2.29. The van der Waals surface area contributed by atoms with Crippen LogP contribution >= 0.6 is 11.6 Å². The number of amides is 1. The van der Waals surface area contributed by atoms with Gasteiger partial charge in [0.15, 0.2) is 0 Å². The van der Waals surface area contributed by atoms with Crippen LogP contribution in [0.3, 0.4) is 0 Å². The number of hydrogen-bond donors (Lipinski definition) is 3. The lowest BCUT2D eigenvalue weighted by atomic mass is 9.98. The van der Waals surface area contributed by atoms with Gasteiger partial charge in [0, 0.05) is 54.0 Å². The van der Waals surface area contributed by atoms with Gasteiger partial charge in [-0.3, -0.25) is 9.69 Å². The zero-order valence-electron chi connectivity index (χ0n) is 22.6. The number of piperidine rings is 2. The van der Waals surface area contributed by atoms with Crippen molar-refractivity contribution in [3.63, 3.8) is 0 Å². The molecule has 0 atom stereocenters. The predicted octanol–water partition coefficient (Wildman–Crippen LogP) is 5.19. The number of fused-ring (bicyclic) bond motifs is 2. The number of aromatic nitrogens is 1. The molecule has 39 heavy (non-hydrogen) atoms. The van der Waals surface area contributed by atoms with Crippen molar-refractivity contribution in [2.75, 3.05) is 45.9 Å². The standard InChI is InChI=1S/C31H39ClN4O3/c32-30-25-18-33-31(38)29(25)24(17-28(30)39-14-4-11-35-12-7-21(20-37)8-13-35)27-16-23-15-22(5-6-26(23)34-27)19-36-9-2-1-3-10-36/h5-6,15-17,21,34,37H,1-4,7-14,18-20H2,(H,33,38). The summed E-state index contributed by atoms with van der Waals surface area (Å²) in [6.45, 7) is 7.63. The number of nitrogens with one attached hydrogen (secondary N) is 2. The van der Waals surface area contributed by atoms with E-state index in [0.29, 0.717) is 42.0 Å². The Morgan fingerprint density at radius 1 is 1.03 bits per heavy atom. The Bertz CT molecular complexity index is 1330. The smallest absolute Gasteiger partial charge is 0.252 e. The molecule has 4 heterocycles. The van der Waals surface area contributed by atoms with Gasteiger partial charge in [-0.15, -0.1) is 0 Å². The molecule has 3 aliphatic rings. The fourth-order valence-corrected chi connectivity index (χ4v) is 6.62. The number of rotatable bonds is 9. The van der Waals surface area contributed by atoms with Crippen molar-refractivity contribution < 1.29 is 14.6 Å². The molecule has 0 bridgehead atoms. The number of benzene rings is 2. The van der Waals surface area contributed by atoms with Gasteiger partial charge in [0.25, 0.3) is 5.91 Å². The Morgan fingerprint density at radius 2 is 1.85 bits per heavy atom. The van der Waals surface area contributed by atoms with Crippen molar-refractivity contribution >= 4 is 28.4 Å². The van der Waals surface area contributed by atoms with Gasteiger partial charge in [-0.2, -0.15) is 0 Å². The normalized spacial score (nSPS) is 19.0. The molecule has 2 saturated heterocycles. The monoisotopic (exact) mass is 550 g/mol. The molecule has 3 aromatic rings. The van der Waals surface area contributed by atoms with E-state index in [1.54, 1.807) is 0 Å². The highest BCUT2D eigenvalue weighted by atomic mass is 35.5. The van der Waals surface area contributed by atoms with E-state index in [4.69, 9.17) is 16.3 Å². The minimum atomic E-state index is -0.0934. The molecule has 0 unspecified atom stereocenters. The van der Waals surface area contributed by atoms with E-state index in [1.807, 2.05) is 6.07 Å². The first-order chi connectivity index (χ1) is 19.1. The summed E-state index contributed by atoms with van der Waals surface area (Å²) in [7, 11) is 0. The quantitative estimate of drug-likeness (QED) is 0.319. The van der Waals surface area contributed by atoms with Crippen molar-refractivity contribution in [2.24, 2.45) is 5.92 Å². The second-order valence-corrected chi connectivity index (χ2v) is 11.8. The SMILES string of the molecule is O=C1NCc2c(Cl)c(OCCCN3CCC(CO)CC3)cc(-c3cc4cc(CN5CCCCC5)ccc4[nH]3)c21. The summed E-state index contributed by atoms with van der Waals surface area (Å²) in [6, 6.07) is 10.7. The molecule has 2 fully saturated rings. The molecule has 0 spiro atoms. The Hall–Kier alpha value is -2.58. The maximum absolute atomic E-state index is 12.8. The number of carbonyl (C=O) groups is 1. The molecule has 6 rings (SSSR count). The van der Waals surface area contributed by atoms with E-state index < -0.39 is 0 Å². The van der Waals surface area contributed by atoms with Crippen LogP contribution in [0.2, 0.25) is 5.02 Å². The van der Waals surface area contributed by atoms with Crippen LogP contribution in [0.15, 0.2) is 30.3 Å². The largest absolute Gasteiger partial charge is 0.492 e. The molecule has 8 heteroatoms. The lowest BCUT2D eigenvalue weighted by Crippen LogP contribution is -2.35. The summed E-state index contributed by atoms with van der Waals surface area (Å²) in [5.41, 5.74) is 5.56. The maximum Gasteiger partial charge on any atom is 0.252 e. The molecule has 0 aliphatic carbocycles. The summed E-state index contributed by atoms with van der Waals surface area (Å²) >= 11 is 6.76. The number of aliphatic hydroxyl groups excluding tert-OH is 1. The third-order valence-corrected chi connectivity index (χ3v) is 9.07. The first kappa shape index (κ1) is 26.6. The average Bonchev–Trinajstić information content (AvgIpc) is 3.57. The molecule has 1 aromatic heterocycles. The summed E-state index contributed by atoms with van der Waals surface area (Å²) in [5, 5.41) is 14.0. The fraction of sp³-hybridized carbons (Fsp3) is 0.516. The number of H-pyrrole nitrogens is 1. The molecule has 0 saturated carbocycles. The van der Waals surface area contributed by atoms with Crippen LogP contribution < -0.4 is 10.1 Å². The first-order valence-corrected chi connectivity index (χ1v) is 14.9. The lowest BCUT2D eigenvalue weighted by Gasteiger charge is -2.30. The number of halogens is 1. The average molecular weight is 551 g/mol. The minimum absolute atomic E-state index is 0.0934. The van der Waals surface area contributed by atoms with Crippen molar-refractivity contribution in [3.05, 3.63) is 52.0 Å². The Balaban J connectivity index is 1.19. The predicted molar refractivity (Wildman–Crippen MR) is 155 cm³/mol. The summed E-state index contributed by atoms with van der Waals surface area (Å²) in [6.07, 6.45) is 6.93. The van der Waals surface area contributed by atoms with Crippen LogP contribution in [0.4, 0.5) is 0 Å². The second kappa shape index (κ2) is 11.9. The van der Waals surface area contributed by atoms with Gasteiger partial charge in [-0.25, -0.2) is 0 Å². The van der Waals surface area contributed by atoms with E-state index in [1.165, 1.54) is 37.9 Å². The zero-order valence-corrected chi connectivity index (χ0v) is 23.4. The number of aliphatic hydroxyl groups is 1. The second-order valence-electron chi connectivity index (χ2n) is 11.4. The van der Waals surface area contributed by atoms with Crippen molar-refractivity contribution in [1.82, 2.24) is 20.1 Å². The third-order valence-electron chi connectivity index (χ3n) is 8.65. The highest BCUT2D eigenvalue weighted by Crippen LogP contribution is 2.41. The summed E-state index contributed by atoms with van der Waals surface area (Å²) in [4.78, 5) is 21.4. The van der Waals surface area contributed by atoms with E-state index >= 15 is 0 Å². The number of likely N-dealkylation sites (tertiary alicyclic amines) is 2. The Labute approximate surface area is 235 Å².